The summed E-state index contributed by atoms with van der Waals surface area (Å²) in [4.78, 5) is 20.1. The van der Waals surface area contributed by atoms with Gasteiger partial charge in [0.1, 0.15) is 11.3 Å². The van der Waals surface area contributed by atoms with Crippen LogP contribution in [0, 0.1) is 0 Å². The van der Waals surface area contributed by atoms with Crippen LogP contribution < -0.4 is 4.74 Å². The van der Waals surface area contributed by atoms with Crippen LogP contribution in [0.15, 0.2) is 23.2 Å². The van der Waals surface area contributed by atoms with Crippen LogP contribution in [0.5, 0.6) is 5.75 Å². The van der Waals surface area contributed by atoms with Crippen LogP contribution in [0.2, 0.25) is 0 Å². The highest BCUT2D eigenvalue weighted by atomic mass is 16.5. The standard InChI is InChI=1S/C15H23N3O3/c1-17(2)15(18(3)4)16-10-11-7-8-12(14(19)21-6)13(9-11)20-5/h7-9H,10H2,1-6H3. The molecule has 6 nitrogen and oxygen atoms in total. The molecule has 0 aromatic heterocycles. The van der Waals surface area contributed by atoms with E-state index in [1.807, 2.05) is 44.1 Å². The first kappa shape index (κ1) is 16.8. The summed E-state index contributed by atoms with van der Waals surface area (Å²) >= 11 is 0. The summed E-state index contributed by atoms with van der Waals surface area (Å²) in [5.74, 6) is 0.945. The quantitative estimate of drug-likeness (QED) is 0.478. The number of benzene rings is 1. The van der Waals surface area contributed by atoms with Gasteiger partial charge in [-0.25, -0.2) is 9.79 Å². The van der Waals surface area contributed by atoms with Gasteiger partial charge in [0.25, 0.3) is 0 Å². The Morgan fingerprint density at radius 2 is 1.76 bits per heavy atom. The largest absolute Gasteiger partial charge is 0.496 e. The van der Waals surface area contributed by atoms with Gasteiger partial charge in [0.15, 0.2) is 5.96 Å². The lowest BCUT2D eigenvalue weighted by atomic mass is 10.1. The van der Waals surface area contributed by atoms with E-state index >= 15 is 0 Å². The van der Waals surface area contributed by atoms with Gasteiger partial charge in [0, 0.05) is 28.2 Å². The molecule has 1 rings (SSSR count). The Kier molecular flexibility index (Phi) is 6.02. The van der Waals surface area contributed by atoms with Gasteiger partial charge in [-0.05, 0) is 17.7 Å². The maximum Gasteiger partial charge on any atom is 0.341 e. The second-order valence-corrected chi connectivity index (χ2v) is 4.93. The zero-order valence-corrected chi connectivity index (χ0v) is 13.5. The van der Waals surface area contributed by atoms with Crippen LogP contribution in [0.25, 0.3) is 0 Å². The van der Waals surface area contributed by atoms with E-state index in [4.69, 9.17) is 9.47 Å². The number of guanidine groups is 1. The van der Waals surface area contributed by atoms with Crippen LogP contribution in [0.1, 0.15) is 15.9 Å². The van der Waals surface area contributed by atoms with Crippen molar-refractivity contribution in [3.05, 3.63) is 29.3 Å². The van der Waals surface area contributed by atoms with Crippen molar-refractivity contribution in [2.75, 3.05) is 42.4 Å². The molecule has 0 saturated carbocycles. The van der Waals surface area contributed by atoms with Gasteiger partial charge in [0.05, 0.1) is 20.8 Å². The number of rotatable bonds is 4. The van der Waals surface area contributed by atoms with Gasteiger partial charge in [-0.15, -0.1) is 0 Å². The van der Waals surface area contributed by atoms with Gasteiger partial charge in [-0.2, -0.15) is 0 Å². The van der Waals surface area contributed by atoms with Crippen molar-refractivity contribution < 1.29 is 14.3 Å². The Hall–Kier alpha value is -2.24. The van der Waals surface area contributed by atoms with Gasteiger partial charge < -0.3 is 19.3 Å². The number of aliphatic imine (C=N–C) groups is 1. The Morgan fingerprint density at radius 3 is 2.24 bits per heavy atom. The molecule has 0 amide bonds. The summed E-state index contributed by atoms with van der Waals surface area (Å²) < 4.78 is 9.96. The highest BCUT2D eigenvalue weighted by molar-refractivity contribution is 5.92. The summed E-state index contributed by atoms with van der Waals surface area (Å²) in [6, 6.07) is 5.35. The molecular formula is C15H23N3O3. The van der Waals surface area contributed by atoms with Crippen molar-refractivity contribution in [3.63, 3.8) is 0 Å². The minimum atomic E-state index is -0.413. The van der Waals surface area contributed by atoms with Crippen molar-refractivity contribution in [2.24, 2.45) is 4.99 Å². The summed E-state index contributed by atoms with van der Waals surface area (Å²) in [5, 5.41) is 0. The highest BCUT2D eigenvalue weighted by Crippen LogP contribution is 2.21. The molecule has 0 unspecified atom stereocenters. The van der Waals surface area contributed by atoms with E-state index in [0.29, 0.717) is 17.9 Å². The molecule has 6 heteroatoms. The first-order valence-electron chi connectivity index (χ1n) is 6.55. The number of esters is 1. The van der Waals surface area contributed by atoms with E-state index in [1.165, 1.54) is 14.2 Å². The molecule has 0 aliphatic heterocycles. The number of carbonyl (C=O) groups excluding carboxylic acids is 1. The molecule has 0 spiro atoms. The summed E-state index contributed by atoms with van der Waals surface area (Å²) in [5.41, 5.74) is 1.37. The van der Waals surface area contributed by atoms with Crippen molar-refractivity contribution >= 4 is 11.9 Å². The molecule has 1 aromatic carbocycles. The number of hydrogen-bond donors (Lipinski definition) is 0. The third-order valence-corrected chi connectivity index (χ3v) is 2.87. The fourth-order valence-corrected chi connectivity index (χ4v) is 1.96. The number of hydrogen-bond acceptors (Lipinski definition) is 4. The summed E-state index contributed by atoms with van der Waals surface area (Å²) in [6.45, 7) is 0.503. The zero-order chi connectivity index (χ0) is 16.0. The normalized spacial score (nSPS) is 9.81. The van der Waals surface area contributed by atoms with Crippen LogP contribution in [0.3, 0.4) is 0 Å². The molecule has 0 saturated heterocycles. The van der Waals surface area contributed by atoms with Crippen LogP contribution in [0.4, 0.5) is 0 Å². The topological polar surface area (TPSA) is 54.4 Å². The first-order valence-corrected chi connectivity index (χ1v) is 6.55. The minimum Gasteiger partial charge on any atom is -0.496 e. The molecule has 0 N–H and O–H groups in total. The molecule has 0 heterocycles. The number of methoxy groups -OCH3 is 2. The van der Waals surface area contributed by atoms with Crippen molar-refractivity contribution in [2.45, 2.75) is 6.54 Å². The molecular weight excluding hydrogens is 270 g/mol. The lowest BCUT2D eigenvalue weighted by Crippen LogP contribution is -2.35. The van der Waals surface area contributed by atoms with E-state index in [1.54, 1.807) is 12.1 Å². The Morgan fingerprint density at radius 1 is 1.14 bits per heavy atom. The summed E-state index contributed by atoms with van der Waals surface area (Å²) in [7, 11) is 10.7. The fourth-order valence-electron chi connectivity index (χ4n) is 1.96. The molecule has 1 aromatic rings. The number of nitrogens with zero attached hydrogens (tertiary/aromatic N) is 3. The van der Waals surface area contributed by atoms with E-state index in [0.717, 1.165) is 11.5 Å². The van der Waals surface area contributed by atoms with E-state index < -0.39 is 5.97 Å². The Labute approximate surface area is 126 Å². The molecule has 0 aliphatic carbocycles. The third-order valence-electron chi connectivity index (χ3n) is 2.87. The van der Waals surface area contributed by atoms with Crippen LogP contribution >= 0.6 is 0 Å². The smallest absolute Gasteiger partial charge is 0.341 e. The first-order chi connectivity index (χ1) is 9.90. The van der Waals surface area contributed by atoms with Gasteiger partial charge in [-0.3, -0.25) is 0 Å². The van der Waals surface area contributed by atoms with E-state index in [2.05, 4.69) is 4.99 Å². The molecule has 0 bridgehead atoms. The minimum absolute atomic E-state index is 0.410. The summed E-state index contributed by atoms with van der Waals surface area (Å²) in [6.07, 6.45) is 0. The maximum absolute atomic E-state index is 11.6. The van der Waals surface area contributed by atoms with E-state index in [-0.39, 0.29) is 0 Å². The predicted molar refractivity (Wildman–Crippen MR) is 82.8 cm³/mol. The molecule has 0 radical (unpaired) electrons. The molecule has 0 fully saturated rings. The van der Waals surface area contributed by atoms with Gasteiger partial charge in [-0.1, -0.05) is 6.07 Å². The lowest BCUT2D eigenvalue weighted by Gasteiger charge is -2.22. The lowest BCUT2D eigenvalue weighted by molar-refractivity contribution is 0.0597. The second kappa shape index (κ2) is 7.52. The molecule has 116 valence electrons. The van der Waals surface area contributed by atoms with Crippen molar-refractivity contribution in [1.82, 2.24) is 9.80 Å². The number of ether oxygens (including phenoxy) is 2. The fraction of sp³-hybridized carbons (Fsp3) is 0.467. The predicted octanol–water partition coefficient (Wildman–Crippen LogP) is 1.46. The zero-order valence-electron chi connectivity index (χ0n) is 13.5. The van der Waals surface area contributed by atoms with Crippen LogP contribution in [-0.4, -0.2) is 64.1 Å². The van der Waals surface area contributed by atoms with Gasteiger partial charge >= 0.3 is 5.97 Å². The average Bonchev–Trinajstić information content (AvgIpc) is 2.45. The molecule has 21 heavy (non-hydrogen) atoms. The average molecular weight is 293 g/mol. The van der Waals surface area contributed by atoms with Crippen molar-refractivity contribution in [1.29, 1.82) is 0 Å². The maximum atomic E-state index is 11.6. The van der Waals surface area contributed by atoms with E-state index in [9.17, 15) is 4.79 Å². The number of carbonyl (C=O) groups is 1. The van der Waals surface area contributed by atoms with Gasteiger partial charge in [0.2, 0.25) is 0 Å². The third kappa shape index (κ3) is 4.37. The second-order valence-electron chi connectivity index (χ2n) is 4.93. The molecule has 0 atom stereocenters. The SMILES string of the molecule is COC(=O)c1ccc(CN=C(N(C)C)N(C)C)cc1OC. The molecule has 0 aliphatic rings. The Balaban J connectivity index is 3.00. The monoisotopic (exact) mass is 293 g/mol. The Bertz CT molecular complexity index is 515. The van der Waals surface area contributed by atoms with Crippen LogP contribution in [-0.2, 0) is 11.3 Å². The highest BCUT2D eigenvalue weighted by Gasteiger charge is 2.13. The van der Waals surface area contributed by atoms with Crippen molar-refractivity contribution in [3.8, 4) is 5.75 Å².